The molecule has 1 aliphatic rings. The second-order valence-electron chi connectivity index (χ2n) is 6.72. The molecule has 0 aliphatic carbocycles. The summed E-state index contributed by atoms with van der Waals surface area (Å²) in [5, 5.41) is 12.2. The molecule has 6 nitrogen and oxygen atoms in total. The third-order valence-corrected chi connectivity index (χ3v) is 4.41. The normalized spacial score (nSPS) is 14.0. The number of rotatable bonds is 4. The third-order valence-electron chi connectivity index (χ3n) is 4.41. The lowest BCUT2D eigenvalue weighted by Gasteiger charge is -2.36. The molecule has 2 aromatic rings. The number of carbonyl (C=O) groups excluding carboxylic acids is 1. The molecular formula is C21H24N4O2. The van der Waals surface area contributed by atoms with Gasteiger partial charge in [0.05, 0.1) is 17.4 Å². The SMILES string of the molecule is CC(C)Oc1ccc(NC(=O)N2CCN(c3ccccc3C#N)CC2)cc1. The molecule has 2 amide bonds. The van der Waals surface area contributed by atoms with E-state index in [-0.39, 0.29) is 12.1 Å². The molecule has 0 aromatic heterocycles. The summed E-state index contributed by atoms with van der Waals surface area (Å²) in [4.78, 5) is 16.5. The lowest BCUT2D eigenvalue weighted by molar-refractivity contribution is 0.208. The summed E-state index contributed by atoms with van der Waals surface area (Å²) < 4.78 is 5.61. The Hall–Kier alpha value is -3.20. The number of urea groups is 1. The molecule has 140 valence electrons. The Labute approximate surface area is 160 Å². The highest BCUT2D eigenvalue weighted by atomic mass is 16.5. The van der Waals surface area contributed by atoms with Crippen LogP contribution in [-0.4, -0.2) is 43.2 Å². The predicted octanol–water partition coefficient (Wildman–Crippen LogP) is 3.70. The van der Waals surface area contributed by atoms with Crippen molar-refractivity contribution in [3.05, 3.63) is 54.1 Å². The minimum Gasteiger partial charge on any atom is -0.491 e. The zero-order valence-corrected chi connectivity index (χ0v) is 15.7. The van der Waals surface area contributed by atoms with Crippen LogP contribution >= 0.6 is 0 Å². The largest absolute Gasteiger partial charge is 0.491 e. The minimum absolute atomic E-state index is 0.110. The van der Waals surface area contributed by atoms with E-state index in [4.69, 9.17) is 4.74 Å². The number of hydrogen-bond donors (Lipinski definition) is 1. The minimum atomic E-state index is -0.110. The van der Waals surface area contributed by atoms with E-state index in [1.807, 2.05) is 62.4 Å². The van der Waals surface area contributed by atoms with Crippen LogP contribution < -0.4 is 15.0 Å². The zero-order chi connectivity index (χ0) is 19.2. The Morgan fingerprint density at radius 1 is 1.07 bits per heavy atom. The Morgan fingerprint density at radius 2 is 1.74 bits per heavy atom. The molecule has 2 aromatic carbocycles. The van der Waals surface area contributed by atoms with Crippen molar-refractivity contribution in [2.75, 3.05) is 36.4 Å². The standard InChI is InChI=1S/C21H24N4O2/c1-16(2)27-19-9-7-18(8-10-19)23-21(26)25-13-11-24(12-14-25)20-6-4-3-5-17(20)15-22/h3-10,16H,11-14H2,1-2H3,(H,23,26). The van der Waals surface area contributed by atoms with E-state index < -0.39 is 0 Å². The van der Waals surface area contributed by atoms with E-state index in [1.165, 1.54) is 0 Å². The summed E-state index contributed by atoms with van der Waals surface area (Å²) in [5.74, 6) is 0.785. The molecule has 27 heavy (non-hydrogen) atoms. The number of hydrogen-bond acceptors (Lipinski definition) is 4. The highest BCUT2D eigenvalue weighted by Crippen LogP contribution is 2.22. The fourth-order valence-corrected chi connectivity index (χ4v) is 3.09. The van der Waals surface area contributed by atoms with Crippen LogP contribution in [0.3, 0.4) is 0 Å². The van der Waals surface area contributed by atoms with Gasteiger partial charge in [0.15, 0.2) is 0 Å². The Morgan fingerprint density at radius 3 is 2.37 bits per heavy atom. The summed E-state index contributed by atoms with van der Waals surface area (Å²) in [6, 6.07) is 17.1. The van der Waals surface area contributed by atoms with Crippen molar-refractivity contribution in [1.29, 1.82) is 5.26 Å². The first kappa shape index (κ1) is 18.6. The number of amides is 2. The molecule has 0 saturated carbocycles. The monoisotopic (exact) mass is 364 g/mol. The molecule has 1 fully saturated rings. The van der Waals surface area contributed by atoms with Crippen molar-refractivity contribution < 1.29 is 9.53 Å². The maximum absolute atomic E-state index is 12.5. The molecule has 0 radical (unpaired) electrons. The molecule has 0 unspecified atom stereocenters. The smallest absolute Gasteiger partial charge is 0.321 e. The number of anilines is 2. The van der Waals surface area contributed by atoms with Crippen LogP contribution in [-0.2, 0) is 0 Å². The molecule has 0 bridgehead atoms. The topological polar surface area (TPSA) is 68.6 Å². The van der Waals surface area contributed by atoms with E-state index in [0.29, 0.717) is 31.7 Å². The average molecular weight is 364 g/mol. The van der Waals surface area contributed by atoms with Gasteiger partial charge in [0.25, 0.3) is 0 Å². The fraction of sp³-hybridized carbons (Fsp3) is 0.333. The zero-order valence-electron chi connectivity index (χ0n) is 15.7. The third kappa shape index (κ3) is 4.70. The molecule has 0 spiro atoms. The summed E-state index contributed by atoms with van der Waals surface area (Å²) in [6.07, 6.45) is 0.118. The van der Waals surface area contributed by atoms with Gasteiger partial charge in [-0.15, -0.1) is 0 Å². The summed E-state index contributed by atoms with van der Waals surface area (Å²) in [5.41, 5.74) is 2.34. The number of para-hydroxylation sites is 1. The number of carbonyl (C=O) groups is 1. The van der Waals surface area contributed by atoms with Gasteiger partial charge in [-0.25, -0.2) is 4.79 Å². The lowest BCUT2D eigenvalue weighted by Crippen LogP contribution is -2.50. The van der Waals surface area contributed by atoms with Gasteiger partial charge in [0, 0.05) is 31.9 Å². The van der Waals surface area contributed by atoms with Crippen LogP contribution in [0.2, 0.25) is 0 Å². The van der Waals surface area contributed by atoms with Crippen molar-refractivity contribution in [3.63, 3.8) is 0 Å². The molecule has 3 rings (SSSR count). The van der Waals surface area contributed by atoms with E-state index in [0.717, 1.165) is 17.1 Å². The van der Waals surface area contributed by atoms with Gasteiger partial charge < -0.3 is 19.9 Å². The van der Waals surface area contributed by atoms with E-state index in [9.17, 15) is 10.1 Å². The highest BCUT2D eigenvalue weighted by molar-refractivity contribution is 5.89. The fourth-order valence-electron chi connectivity index (χ4n) is 3.09. The van der Waals surface area contributed by atoms with Gasteiger partial charge in [-0.1, -0.05) is 12.1 Å². The summed E-state index contributed by atoms with van der Waals surface area (Å²) in [6.45, 7) is 6.58. The molecule has 0 atom stereocenters. The maximum atomic E-state index is 12.5. The molecule has 1 saturated heterocycles. The number of nitrogens with one attached hydrogen (secondary N) is 1. The molecule has 6 heteroatoms. The Balaban J connectivity index is 1.55. The number of nitrogens with zero attached hydrogens (tertiary/aromatic N) is 3. The van der Waals surface area contributed by atoms with Crippen LogP contribution in [0.1, 0.15) is 19.4 Å². The van der Waals surface area contributed by atoms with Gasteiger partial charge in [0.2, 0.25) is 0 Å². The van der Waals surface area contributed by atoms with Crippen molar-refractivity contribution in [2.45, 2.75) is 20.0 Å². The molecular weight excluding hydrogens is 340 g/mol. The Bertz CT molecular complexity index is 819. The molecule has 1 N–H and O–H groups in total. The number of ether oxygens (including phenoxy) is 1. The molecule has 1 aliphatic heterocycles. The van der Waals surface area contributed by atoms with E-state index in [2.05, 4.69) is 16.3 Å². The first-order valence-corrected chi connectivity index (χ1v) is 9.13. The Kier molecular flexibility index (Phi) is 5.82. The second kappa shape index (κ2) is 8.45. The van der Waals surface area contributed by atoms with Crippen molar-refractivity contribution in [1.82, 2.24) is 4.90 Å². The van der Waals surface area contributed by atoms with Gasteiger partial charge in [0.1, 0.15) is 11.8 Å². The van der Waals surface area contributed by atoms with Crippen LogP contribution in [0.4, 0.5) is 16.2 Å². The highest BCUT2D eigenvalue weighted by Gasteiger charge is 2.22. The predicted molar refractivity (Wildman–Crippen MR) is 106 cm³/mol. The lowest BCUT2D eigenvalue weighted by atomic mass is 10.1. The van der Waals surface area contributed by atoms with Crippen LogP contribution in [0.5, 0.6) is 5.75 Å². The average Bonchev–Trinajstić information content (AvgIpc) is 2.69. The van der Waals surface area contributed by atoms with Crippen LogP contribution in [0.15, 0.2) is 48.5 Å². The van der Waals surface area contributed by atoms with Crippen molar-refractivity contribution in [3.8, 4) is 11.8 Å². The second-order valence-corrected chi connectivity index (χ2v) is 6.72. The van der Waals surface area contributed by atoms with Crippen LogP contribution in [0.25, 0.3) is 0 Å². The van der Waals surface area contributed by atoms with Gasteiger partial charge in [-0.2, -0.15) is 5.26 Å². The van der Waals surface area contributed by atoms with Crippen LogP contribution in [0, 0.1) is 11.3 Å². The van der Waals surface area contributed by atoms with Crippen molar-refractivity contribution >= 4 is 17.4 Å². The van der Waals surface area contributed by atoms with Gasteiger partial charge >= 0.3 is 6.03 Å². The summed E-state index contributed by atoms with van der Waals surface area (Å²) in [7, 11) is 0. The van der Waals surface area contributed by atoms with Gasteiger partial charge in [-0.3, -0.25) is 0 Å². The quantitative estimate of drug-likeness (QED) is 0.898. The maximum Gasteiger partial charge on any atom is 0.321 e. The van der Waals surface area contributed by atoms with Gasteiger partial charge in [-0.05, 0) is 50.2 Å². The molecule has 1 heterocycles. The first-order chi connectivity index (χ1) is 13.1. The number of nitriles is 1. The number of benzene rings is 2. The first-order valence-electron chi connectivity index (χ1n) is 9.13. The van der Waals surface area contributed by atoms with E-state index >= 15 is 0 Å². The number of piperazine rings is 1. The van der Waals surface area contributed by atoms with Crippen molar-refractivity contribution in [2.24, 2.45) is 0 Å². The van der Waals surface area contributed by atoms with E-state index in [1.54, 1.807) is 4.90 Å². The summed E-state index contributed by atoms with van der Waals surface area (Å²) >= 11 is 0.